The number of rotatable bonds is 6. The summed E-state index contributed by atoms with van der Waals surface area (Å²) >= 11 is 0. The summed E-state index contributed by atoms with van der Waals surface area (Å²) in [6.07, 6.45) is 0. The Balaban J connectivity index is 1.68. The van der Waals surface area contributed by atoms with Crippen LogP contribution in [0.4, 0.5) is 96.6 Å². The first kappa shape index (κ1) is 42.6. The Labute approximate surface area is 319 Å². The van der Waals surface area contributed by atoms with E-state index >= 15 is 48.3 Å². The summed E-state index contributed by atoms with van der Waals surface area (Å²) in [5.41, 5.74) is -8.33. The smallest absolute Gasteiger partial charge is 0.521 e. The van der Waals surface area contributed by atoms with Crippen LogP contribution in [-0.4, -0.2) is 7.12 Å². The lowest BCUT2D eigenvalue weighted by molar-refractivity contribution is 0.378. The van der Waals surface area contributed by atoms with Gasteiger partial charge in [0.2, 0.25) is 11.6 Å². The largest absolute Gasteiger partial charge is 0.636 e. The maximum Gasteiger partial charge on any atom is 0.636 e. The van der Waals surface area contributed by atoms with Crippen molar-refractivity contribution >= 4 is 44.9 Å². The fraction of sp³-hybridized carbons (Fsp3) is 0. The molecule has 0 heterocycles. The van der Waals surface area contributed by atoms with Crippen molar-refractivity contribution in [1.29, 1.82) is 0 Å². The minimum Gasteiger partial charge on any atom is -0.521 e. The van der Waals surface area contributed by atoms with Gasteiger partial charge in [-0.25, -0.2) is 92.2 Å². The molecule has 0 unspecified atom stereocenters. The molecule has 2 nitrogen and oxygen atoms in total. The predicted octanol–water partition coefficient (Wildman–Crippen LogP) is 11.7. The molecular formula is C36H3BF22O2. The molecule has 0 atom stereocenters. The van der Waals surface area contributed by atoms with Gasteiger partial charge < -0.3 is 9.31 Å². The van der Waals surface area contributed by atoms with Gasteiger partial charge in [0.25, 0.3) is 0 Å². The van der Waals surface area contributed by atoms with E-state index in [-0.39, 0.29) is 6.07 Å². The van der Waals surface area contributed by atoms with Gasteiger partial charge in [0.1, 0.15) is 17.4 Å². The van der Waals surface area contributed by atoms with Gasteiger partial charge in [-0.15, -0.1) is 0 Å². The van der Waals surface area contributed by atoms with Gasteiger partial charge >= 0.3 is 7.12 Å². The highest BCUT2D eigenvalue weighted by atomic mass is 19.2. The molecule has 0 amide bonds. The standard InChI is InChI=1S/C36H3BF22O2/c38-14-4-2-1-3-5(6(4)17(41)26(50)25(14)49)60-37(13-7(18(42)27(51)33(57)24(13)48)8-19(43)30(54)34(58)31(55)20(8)44)61-36-12-11(23(47)32(56)35(36)59)15(39)9-10(16(12)40)22(46)29(53)28(52)21(9)45/h1-3H. The molecule has 0 spiro atoms. The van der Waals surface area contributed by atoms with Crippen LogP contribution in [0.2, 0.25) is 0 Å². The van der Waals surface area contributed by atoms with Gasteiger partial charge in [-0.3, -0.25) is 0 Å². The lowest BCUT2D eigenvalue weighted by Gasteiger charge is -2.24. The molecule has 0 aliphatic heterocycles. The zero-order chi connectivity index (χ0) is 45.2. The normalized spacial score (nSPS) is 11.8. The minimum absolute atomic E-state index is 0.230. The summed E-state index contributed by atoms with van der Waals surface area (Å²) in [5, 5.41) is -13.0. The molecule has 0 aliphatic carbocycles. The summed E-state index contributed by atoms with van der Waals surface area (Å²) in [6.45, 7) is 0. The van der Waals surface area contributed by atoms with Gasteiger partial charge in [0.05, 0.1) is 38.0 Å². The van der Waals surface area contributed by atoms with E-state index in [0.717, 1.165) is 0 Å². The molecule has 0 aliphatic rings. The summed E-state index contributed by atoms with van der Waals surface area (Å²) in [5.74, 6) is -69.8. The average Bonchev–Trinajstić information content (AvgIpc) is 3.23. The van der Waals surface area contributed by atoms with Crippen molar-refractivity contribution in [2.24, 2.45) is 0 Å². The summed E-state index contributed by atoms with van der Waals surface area (Å²) < 4.78 is 339. The zero-order valence-electron chi connectivity index (χ0n) is 27.9. The van der Waals surface area contributed by atoms with Crippen LogP contribution < -0.4 is 14.8 Å². The number of hydrogen-bond acceptors (Lipinski definition) is 2. The van der Waals surface area contributed by atoms with Gasteiger partial charge in [-0.05, 0) is 6.07 Å². The van der Waals surface area contributed by atoms with Gasteiger partial charge in [0.15, 0.2) is 110 Å². The first-order valence-corrected chi connectivity index (χ1v) is 15.6. The molecule has 7 aromatic carbocycles. The Kier molecular flexibility index (Phi) is 10.2. The lowest BCUT2D eigenvalue weighted by atomic mass is 9.72. The maximum absolute atomic E-state index is 16.2. The van der Waals surface area contributed by atoms with Crippen molar-refractivity contribution in [2.45, 2.75) is 0 Å². The highest BCUT2D eigenvalue weighted by molar-refractivity contribution is 6.65. The fourth-order valence-corrected chi connectivity index (χ4v) is 6.22. The Morgan fingerprint density at radius 1 is 0.279 bits per heavy atom. The Morgan fingerprint density at radius 2 is 0.639 bits per heavy atom. The molecule has 7 rings (SSSR count). The van der Waals surface area contributed by atoms with E-state index in [1.807, 2.05) is 0 Å². The lowest BCUT2D eigenvalue weighted by Crippen LogP contribution is -2.47. The Hall–Kier alpha value is -6.56. The van der Waals surface area contributed by atoms with Crippen molar-refractivity contribution in [2.75, 3.05) is 0 Å². The van der Waals surface area contributed by atoms with Crippen LogP contribution in [0.25, 0.3) is 43.4 Å². The van der Waals surface area contributed by atoms with Crippen molar-refractivity contribution in [1.82, 2.24) is 0 Å². The third-order valence-electron chi connectivity index (χ3n) is 8.94. The first-order chi connectivity index (χ1) is 28.5. The summed E-state index contributed by atoms with van der Waals surface area (Å²) in [7, 11) is -4.09. The molecule has 0 bridgehead atoms. The minimum atomic E-state index is -4.09. The molecular weight excluding hydrogens is 893 g/mol. The van der Waals surface area contributed by atoms with Crippen LogP contribution in [0.15, 0.2) is 18.2 Å². The SMILES string of the molecule is Fc1c(F)c(F)c(-c2c(F)c(F)c(F)c(F)c2B(Oc2cccc3c(F)c(F)c(F)c(F)c23)Oc2c(F)c(F)c(F)c3c(F)c4c(F)c(F)c(F)c(F)c4c(F)c23)c(F)c1F. The van der Waals surface area contributed by atoms with E-state index in [4.69, 9.17) is 9.31 Å². The van der Waals surface area contributed by atoms with Crippen LogP contribution in [0.5, 0.6) is 11.5 Å². The molecule has 7 aromatic rings. The molecule has 61 heavy (non-hydrogen) atoms. The second-order valence-corrected chi connectivity index (χ2v) is 12.1. The molecule has 0 aromatic heterocycles. The van der Waals surface area contributed by atoms with Crippen molar-refractivity contribution in [3.05, 3.63) is 146 Å². The van der Waals surface area contributed by atoms with Crippen molar-refractivity contribution in [3.8, 4) is 22.6 Å². The highest BCUT2D eigenvalue weighted by Gasteiger charge is 2.45. The monoisotopic (exact) mass is 896 g/mol. The van der Waals surface area contributed by atoms with Crippen LogP contribution in [0.3, 0.4) is 0 Å². The summed E-state index contributed by atoms with van der Waals surface area (Å²) in [4.78, 5) is 0. The Bertz CT molecular complexity index is 3110. The molecule has 0 fully saturated rings. The number of fused-ring (bicyclic) bond motifs is 3. The second kappa shape index (κ2) is 14.6. The van der Waals surface area contributed by atoms with E-state index < -0.39 is 196 Å². The maximum atomic E-state index is 16.2. The highest BCUT2D eigenvalue weighted by Crippen LogP contribution is 2.44. The van der Waals surface area contributed by atoms with E-state index in [1.165, 1.54) is 0 Å². The van der Waals surface area contributed by atoms with Crippen molar-refractivity contribution in [3.63, 3.8) is 0 Å². The molecule has 0 N–H and O–H groups in total. The van der Waals surface area contributed by atoms with Gasteiger partial charge in [0, 0.05) is 10.9 Å². The summed E-state index contributed by atoms with van der Waals surface area (Å²) in [6, 6.07) is 1.09. The van der Waals surface area contributed by atoms with Crippen LogP contribution in [-0.2, 0) is 0 Å². The topological polar surface area (TPSA) is 18.5 Å². The zero-order valence-corrected chi connectivity index (χ0v) is 27.9. The quantitative estimate of drug-likeness (QED) is 0.0544. The average molecular weight is 896 g/mol. The van der Waals surface area contributed by atoms with E-state index in [9.17, 15) is 48.3 Å². The molecule has 25 heteroatoms. The van der Waals surface area contributed by atoms with Crippen LogP contribution in [0.1, 0.15) is 0 Å². The third-order valence-corrected chi connectivity index (χ3v) is 8.94. The van der Waals surface area contributed by atoms with Crippen molar-refractivity contribution < 1.29 is 106 Å². The fourth-order valence-electron chi connectivity index (χ4n) is 6.22. The third kappa shape index (κ3) is 5.85. The van der Waals surface area contributed by atoms with E-state index in [0.29, 0.717) is 12.1 Å². The van der Waals surface area contributed by atoms with E-state index in [1.54, 1.807) is 0 Å². The molecule has 0 saturated heterocycles. The van der Waals surface area contributed by atoms with Gasteiger partial charge in [-0.2, -0.15) is 4.39 Å². The van der Waals surface area contributed by atoms with E-state index in [2.05, 4.69) is 0 Å². The van der Waals surface area contributed by atoms with Crippen LogP contribution in [0, 0.1) is 128 Å². The van der Waals surface area contributed by atoms with Gasteiger partial charge in [-0.1, -0.05) is 12.1 Å². The Morgan fingerprint density at radius 3 is 1.15 bits per heavy atom. The molecule has 0 saturated carbocycles. The molecule has 316 valence electrons. The molecule has 0 radical (unpaired) electrons. The number of halogens is 22. The predicted molar refractivity (Wildman–Crippen MR) is 163 cm³/mol. The second-order valence-electron chi connectivity index (χ2n) is 12.1. The van der Waals surface area contributed by atoms with Crippen LogP contribution >= 0.6 is 0 Å². The number of hydrogen-bond donors (Lipinski definition) is 0. The first-order valence-electron chi connectivity index (χ1n) is 15.6. The number of benzene rings is 7.